The normalized spacial score (nSPS) is 11.1. The monoisotopic (exact) mass is 517 g/mol. The van der Waals surface area contributed by atoms with Crippen LogP contribution in [0.3, 0.4) is 0 Å². The highest BCUT2D eigenvalue weighted by atomic mass is 32.1. The van der Waals surface area contributed by atoms with Crippen LogP contribution in [0, 0.1) is 0 Å². The SMILES string of the molecule is c1ccc(-c2ccc(-c3nc(-c4ccccc4)cc(-c4cccc5sc(-c6ccccc6)nc45)n3)cc2)cc1. The molecule has 0 aliphatic heterocycles. The summed E-state index contributed by atoms with van der Waals surface area (Å²) < 4.78 is 1.14. The topological polar surface area (TPSA) is 38.7 Å². The van der Waals surface area contributed by atoms with E-state index in [1.165, 1.54) is 11.1 Å². The average Bonchev–Trinajstić information content (AvgIpc) is 3.47. The van der Waals surface area contributed by atoms with Gasteiger partial charge in [0.2, 0.25) is 0 Å². The number of fused-ring (bicyclic) bond motifs is 1. The van der Waals surface area contributed by atoms with E-state index in [9.17, 15) is 0 Å². The van der Waals surface area contributed by atoms with Crippen molar-refractivity contribution in [3.63, 3.8) is 0 Å². The van der Waals surface area contributed by atoms with Crippen LogP contribution in [0.4, 0.5) is 0 Å². The number of thiazole rings is 1. The lowest BCUT2D eigenvalue weighted by Crippen LogP contribution is -1.96. The molecule has 0 atom stereocenters. The smallest absolute Gasteiger partial charge is 0.160 e. The predicted molar refractivity (Wildman–Crippen MR) is 162 cm³/mol. The molecule has 0 spiro atoms. The van der Waals surface area contributed by atoms with Gasteiger partial charge < -0.3 is 0 Å². The molecule has 5 aromatic carbocycles. The van der Waals surface area contributed by atoms with Gasteiger partial charge in [0, 0.05) is 22.3 Å². The van der Waals surface area contributed by atoms with Gasteiger partial charge in [0.15, 0.2) is 5.82 Å². The standard InChI is InChI=1S/C35H23N3S/c1-4-11-24(12-5-1)25-19-21-27(22-20-25)34-36-30(26-13-6-2-7-14-26)23-31(37-34)29-17-10-18-32-33(29)38-35(39-32)28-15-8-3-9-16-28/h1-23H. The highest BCUT2D eigenvalue weighted by Gasteiger charge is 2.15. The maximum Gasteiger partial charge on any atom is 0.160 e. The highest BCUT2D eigenvalue weighted by Crippen LogP contribution is 2.37. The molecule has 2 aromatic heterocycles. The minimum Gasteiger partial charge on any atom is -0.235 e. The second-order valence-corrected chi connectivity index (χ2v) is 10.3. The molecule has 0 aliphatic carbocycles. The molecule has 184 valence electrons. The molecule has 0 amide bonds. The van der Waals surface area contributed by atoms with E-state index in [4.69, 9.17) is 15.0 Å². The number of para-hydroxylation sites is 1. The van der Waals surface area contributed by atoms with Gasteiger partial charge in [-0.1, -0.05) is 127 Å². The molecule has 0 saturated heterocycles. The molecule has 4 heteroatoms. The minimum atomic E-state index is 0.696. The Morgan fingerprint density at radius 3 is 1.67 bits per heavy atom. The summed E-state index contributed by atoms with van der Waals surface area (Å²) in [5.41, 5.74) is 9.23. The lowest BCUT2D eigenvalue weighted by atomic mass is 10.0. The second kappa shape index (κ2) is 10.1. The van der Waals surface area contributed by atoms with Crippen molar-refractivity contribution < 1.29 is 0 Å². The molecule has 0 fully saturated rings. The first-order valence-corrected chi connectivity index (χ1v) is 13.7. The van der Waals surface area contributed by atoms with Crippen LogP contribution in [0.25, 0.3) is 65.8 Å². The maximum absolute atomic E-state index is 5.09. The molecule has 39 heavy (non-hydrogen) atoms. The van der Waals surface area contributed by atoms with E-state index in [-0.39, 0.29) is 0 Å². The zero-order chi connectivity index (χ0) is 26.0. The van der Waals surface area contributed by atoms with Crippen LogP contribution in [-0.2, 0) is 0 Å². The third-order valence-electron chi connectivity index (χ3n) is 6.76. The van der Waals surface area contributed by atoms with Crippen LogP contribution in [0.1, 0.15) is 0 Å². The fraction of sp³-hybridized carbons (Fsp3) is 0. The molecule has 3 nitrogen and oxygen atoms in total. The van der Waals surface area contributed by atoms with E-state index in [0.29, 0.717) is 5.82 Å². The molecule has 0 radical (unpaired) electrons. The van der Waals surface area contributed by atoms with E-state index >= 15 is 0 Å². The van der Waals surface area contributed by atoms with Crippen LogP contribution in [0.5, 0.6) is 0 Å². The lowest BCUT2D eigenvalue weighted by molar-refractivity contribution is 1.18. The lowest BCUT2D eigenvalue weighted by Gasteiger charge is -2.10. The molecular weight excluding hydrogens is 494 g/mol. The number of hydrogen-bond acceptors (Lipinski definition) is 4. The summed E-state index contributed by atoms with van der Waals surface area (Å²) in [5.74, 6) is 0.696. The van der Waals surface area contributed by atoms with E-state index in [1.54, 1.807) is 11.3 Å². The summed E-state index contributed by atoms with van der Waals surface area (Å²) in [6.45, 7) is 0. The Kier molecular flexibility index (Phi) is 6.00. The van der Waals surface area contributed by atoms with Crippen molar-refractivity contribution in [2.24, 2.45) is 0 Å². The van der Waals surface area contributed by atoms with Crippen LogP contribution in [0.2, 0.25) is 0 Å². The quantitative estimate of drug-likeness (QED) is 0.228. The molecule has 7 aromatic rings. The minimum absolute atomic E-state index is 0.696. The molecule has 7 rings (SSSR count). The first kappa shape index (κ1) is 23.2. The number of aromatic nitrogens is 3. The summed E-state index contributed by atoms with van der Waals surface area (Å²) in [6, 6.07) is 47.9. The van der Waals surface area contributed by atoms with Gasteiger partial charge in [0.05, 0.1) is 21.6 Å². The molecule has 0 aliphatic rings. The maximum atomic E-state index is 5.09. The number of benzene rings is 5. The third kappa shape index (κ3) is 4.63. The molecule has 0 bridgehead atoms. The Labute approximate surface area is 231 Å². The zero-order valence-corrected chi connectivity index (χ0v) is 21.8. The van der Waals surface area contributed by atoms with Gasteiger partial charge >= 0.3 is 0 Å². The summed E-state index contributed by atoms with van der Waals surface area (Å²) >= 11 is 1.71. The number of hydrogen-bond donors (Lipinski definition) is 0. The largest absolute Gasteiger partial charge is 0.235 e. The van der Waals surface area contributed by atoms with Crippen molar-refractivity contribution in [2.75, 3.05) is 0 Å². The van der Waals surface area contributed by atoms with Gasteiger partial charge in [-0.05, 0) is 23.3 Å². The second-order valence-electron chi connectivity index (χ2n) is 9.31. The van der Waals surface area contributed by atoms with Crippen LogP contribution in [0.15, 0.2) is 140 Å². The first-order valence-electron chi connectivity index (χ1n) is 12.9. The van der Waals surface area contributed by atoms with Crippen LogP contribution < -0.4 is 0 Å². The predicted octanol–water partition coefficient (Wildman–Crippen LogP) is 9.42. The van der Waals surface area contributed by atoms with Gasteiger partial charge in [0.1, 0.15) is 5.01 Å². The van der Waals surface area contributed by atoms with E-state index < -0.39 is 0 Å². The Balaban J connectivity index is 1.37. The third-order valence-corrected chi connectivity index (χ3v) is 7.83. The van der Waals surface area contributed by atoms with Gasteiger partial charge in [-0.2, -0.15) is 0 Å². The molecule has 0 N–H and O–H groups in total. The molecular formula is C35H23N3S. The summed E-state index contributed by atoms with van der Waals surface area (Å²) in [4.78, 5) is 15.2. The summed E-state index contributed by atoms with van der Waals surface area (Å²) in [6.07, 6.45) is 0. The van der Waals surface area contributed by atoms with Crippen molar-refractivity contribution in [3.05, 3.63) is 140 Å². The van der Waals surface area contributed by atoms with Crippen molar-refractivity contribution >= 4 is 21.6 Å². The first-order chi connectivity index (χ1) is 19.3. The average molecular weight is 518 g/mol. The summed E-state index contributed by atoms with van der Waals surface area (Å²) in [7, 11) is 0. The number of nitrogens with zero attached hydrogens (tertiary/aromatic N) is 3. The van der Waals surface area contributed by atoms with E-state index in [0.717, 1.165) is 48.9 Å². The van der Waals surface area contributed by atoms with Gasteiger partial charge in [-0.3, -0.25) is 0 Å². The fourth-order valence-electron chi connectivity index (χ4n) is 4.77. The highest BCUT2D eigenvalue weighted by molar-refractivity contribution is 7.21. The van der Waals surface area contributed by atoms with Crippen molar-refractivity contribution in [1.82, 2.24) is 15.0 Å². The molecule has 2 heterocycles. The van der Waals surface area contributed by atoms with Crippen molar-refractivity contribution in [3.8, 4) is 55.6 Å². The van der Waals surface area contributed by atoms with Crippen molar-refractivity contribution in [2.45, 2.75) is 0 Å². The van der Waals surface area contributed by atoms with Crippen LogP contribution in [-0.4, -0.2) is 15.0 Å². The van der Waals surface area contributed by atoms with Gasteiger partial charge in [-0.15, -0.1) is 11.3 Å². The Morgan fingerprint density at radius 2 is 0.974 bits per heavy atom. The van der Waals surface area contributed by atoms with Gasteiger partial charge in [0.25, 0.3) is 0 Å². The van der Waals surface area contributed by atoms with E-state index in [2.05, 4.69) is 97.1 Å². The summed E-state index contributed by atoms with van der Waals surface area (Å²) in [5, 5.41) is 1.01. The molecule has 0 saturated carbocycles. The fourth-order valence-corrected chi connectivity index (χ4v) is 5.77. The Hall–Kier alpha value is -4.93. The Morgan fingerprint density at radius 1 is 0.410 bits per heavy atom. The van der Waals surface area contributed by atoms with Crippen molar-refractivity contribution in [1.29, 1.82) is 0 Å². The van der Waals surface area contributed by atoms with E-state index in [1.807, 2.05) is 42.5 Å². The Bertz CT molecular complexity index is 1880. The molecule has 0 unspecified atom stereocenters. The van der Waals surface area contributed by atoms with Gasteiger partial charge in [-0.25, -0.2) is 15.0 Å². The van der Waals surface area contributed by atoms with Crippen LogP contribution >= 0.6 is 11.3 Å². The number of rotatable bonds is 5. The zero-order valence-electron chi connectivity index (χ0n) is 21.0.